The van der Waals surface area contributed by atoms with Gasteiger partial charge in [-0.2, -0.15) is 0 Å². The highest BCUT2D eigenvalue weighted by atomic mass is 16.6. The van der Waals surface area contributed by atoms with Crippen LogP contribution in [0.3, 0.4) is 0 Å². The number of amides is 4. The van der Waals surface area contributed by atoms with E-state index in [2.05, 4.69) is 5.32 Å². The van der Waals surface area contributed by atoms with E-state index in [1.807, 2.05) is 49.4 Å². The maximum absolute atomic E-state index is 12.8. The van der Waals surface area contributed by atoms with Gasteiger partial charge in [-0.1, -0.05) is 30.3 Å². The summed E-state index contributed by atoms with van der Waals surface area (Å²) in [5.74, 6) is -0.171. The van der Waals surface area contributed by atoms with Gasteiger partial charge in [0.25, 0.3) is 0 Å². The number of hydrogen-bond acceptors (Lipinski definition) is 6. The molecule has 2 aromatic carbocycles. The number of carbonyl (C=O) groups excluding carboxylic acids is 4. The average Bonchev–Trinajstić information content (AvgIpc) is 2.88. The Kier molecular flexibility index (Phi) is 9.13. The van der Waals surface area contributed by atoms with Crippen LogP contribution in [0.25, 0.3) is 11.1 Å². The molecule has 226 valence electrons. The fraction of sp³-hybridized carbons (Fsp3) is 0.500. The molecule has 42 heavy (non-hydrogen) atoms. The summed E-state index contributed by atoms with van der Waals surface area (Å²) in [6.45, 7) is 13.8. The summed E-state index contributed by atoms with van der Waals surface area (Å²) < 4.78 is 10.7. The van der Waals surface area contributed by atoms with Crippen LogP contribution in [0, 0.1) is 0 Å². The molecule has 2 heterocycles. The molecule has 2 aliphatic rings. The molecule has 2 aromatic rings. The van der Waals surface area contributed by atoms with Gasteiger partial charge in [-0.25, -0.2) is 9.59 Å². The smallest absolute Gasteiger partial charge is 0.410 e. The number of carbonyl (C=O) groups is 4. The van der Waals surface area contributed by atoms with Crippen molar-refractivity contribution >= 4 is 29.7 Å². The first kappa shape index (κ1) is 30.9. The molecule has 1 N–H and O–H groups in total. The van der Waals surface area contributed by atoms with Crippen LogP contribution >= 0.6 is 0 Å². The van der Waals surface area contributed by atoms with Gasteiger partial charge in [0, 0.05) is 38.3 Å². The number of nitrogens with one attached hydrogen (secondary N) is 1. The lowest BCUT2D eigenvalue weighted by Crippen LogP contribution is -2.52. The van der Waals surface area contributed by atoms with Crippen molar-refractivity contribution in [3.63, 3.8) is 0 Å². The van der Waals surface area contributed by atoms with E-state index in [-0.39, 0.29) is 36.5 Å². The summed E-state index contributed by atoms with van der Waals surface area (Å²) in [6, 6.07) is 13.5. The lowest BCUT2D eigenvalue weighted by atomic mass is 9.89. The van der Waals surface area contributed by atoms with E-state index >= 15 is 0 Å². The fourth-order valence-corrected chi connectivity index (χ4v) is 5.43. The molecule has 0 aromatic heterocycles. The van der Waals surface area contributed by atoms with Gasteiger partial charge in [0.2, 0.25) is 11.8 Å². The molecule has 4 amide bonds. The van der Waals surface area contributed by atoms with E-state index in [4.69, 9.17) is 9.47 Å². The Balaban J connectivity index is 1.48. The molecule has 0 bridgehead atoms. The van der Waals surface area contributed by atoms with Gasteiger partial charge in [0.15, 0.2) is 0 Å². The molecule has 10 heteroatoms. The van der Waals surface area contributed by atoms with Crippen LogP contribution in [0.15, 0.2) is 42.5 Å². The molecule has 1 unspecified atom stereocenters. The second-order valence-electron chi connectivity index (χ2n) is 12.3. The van der Waals surface area contributed by atoms with Crippen molar-refractivity contribution in [1.29, 1.82) is 0 Å². The van der Waals surface area contributed by atoms with Crippen LogP contribution in [0.1, 0.15) is 72.1 Å². The number of benzene rings is 2. The van der Waals surface area contributed by atoms with E-state index in [0.717, 1.165) is 27.9 Å². The highest BCUT2D eigenvalue weighted by Gasteiger charge is 2.34. The van der Waals surface area contributed by atoms with Crippen molar-refractivity contribution < 1.29 is 28.7 Å². The minimum absolute atomic E-state index is 0.00205. The number of alkyl carbamates (subject to hydrolysis) is 1. The summed E-state index contributed by atoms with van der Waals surface area (Å²) >= 11 is 0. The molecule has 0 radical (unpaired) electrons. The lowest BCUT2D eigenvalue weighted by molar-refractivity contribution is -0.136. The van der Waals surface area contributed by atoms with Crippen LogP contribution in [0.4, 0.5) is 15.3 Å². The second kappa shape index (κ2) is 12.4. The van der Waals surface area contributed by atoms with Crippen LogP contribution < -0.4 is 10.2 Å². The van der Waals surface area contributed by atoms with Crippen LogP contribution in [-0.2, 0) is 25.6 Å². The highest BCUT2D eigenvalue weighted by Crippen LogP contribution is 2.39. The third-order valence-electron chi connectivity index (χ3n) is 7.29. The van der Waals surface area contributed by atoms with E-state index in [9.17, 15) is 19.2 Å². The summed E-state index contributed by atoms with van der Waals surface area (Å²) in [7, 11) is 0. The number of nitrogens with zero attached hydrogens (tertiary/aromatic N) is 3. The number of ether oxygens (including phenoxy) is 2. The summed E-state index contributed by atoms with van der Waals surface area (Å²) in [5, 5.41) is 2.99. The third kappa shape index (κ3) is 7.40. The van der Waals surface area contributed by atoms with Crippen LogP contribution in [0.5, 0.6) is 0 Å². The molecule has 1 saturated heterocycles. The number of anilines is 1. The molecular formula is C32H42N4O6. The van der Waals surface area contributed by atoms with Crippen molar-refractivity contribution in [2.75, 3.05) is 24.5 Å². The van der Waals surface area contributed by atoms with Crippen LogP contribution in [-0.4, -0.2) is 71.2 Å². The van der Waals surface area contributed by atoms with Crippen molar-refractivity contribution in [2.45, 2.75) is 85.2 Å². The largest absolute Gasteiger partial charge is 0.447 e. The maximum atomic E-state index is 12.8. The van der Waals surface area contributed by atoms with E-state index in [1.165, 1.54) is 4.90 Å². The third-order valence-corrected chi connectivity index (χ3v) is 7.29. The van der Waals surface area contributed by atoms with Gasteiger partial charge in [-0.05, 0) is 82.3 Å². The van der Waals surface area contributed by atoms with Gasteiger partial charge < -0.3 is 24.6 Å². The molecule has 4 rings (SSSR count). The molecule has 10 nitrogen and oxygen atoms in total. The first-order valence-electron chi connectivity index (χ1n) is 14.5. The van der Waals surface area contributed by atoms with Crippen molar-refractivity contribution in [3.8, 4) is 11.1 Å². The van der Waals surface area contributed by atoms with Crippen molar-refractivity contribution in [1.82, 2.24) is 15.1 Å². The Hall–Kier alpha value is -4.08. The number of rotatable bonds is 5. The zero-order valence-corrected chi connectivity index (χ0v) is 25.6. The Morgan fingerprint density at radius 1 is 1.02 bits per heavy atom. The minimum atomic E-state index is -0.612. The fourth-order valence-electron chi connectivity index (χ4n) is 5.43. The molecular weight excluding hydrogens is 536 g/mol. The highest BCUT2D eigenvalue weighted by molar-refractivity contribution is 5.94. The summed E-state index contributed by atoms with van der Waals surface area (Å²) in [5.41, 5.74) is 3.92. The zero-order valence-electron chi connectivity index (χ0n) is 25.6. The van der Waals surface area contributed by atoms with Gasteiger partial charge >= 0.3 is 12.2 Å². The number of piperazine rings is 1. The van der Waals surface area contributed by atoms with E-state index in [0.29, 0.717) is 26.1 Å². The Morgan fingerprint density at radius 3 is 2.29 bits per heavy atom. The number of fused-ring (bicyclic) bond motifs is 1. The molecule has 0 aliphatic carbocycles. The summed E-state index contributed by atoms with van der Waals surface area (Å²) in [6.07, 6.45) is -0.633. The van der Waals surface area contributed by atoms with Gasteiger partial charge in [-0.3, -0.25) is 14.5 Å². The normalized spacial score (nSPS) is 19.0. The topological polar surface area (TPSA) is 108 Å². The van der Waals surface area contributed by atoms with Gasteiger partial charge in [0.1, 0.15) is 12.1 Å². The zero-order chi connectivity index (χ0) is 30.8. The molecule has 0 saturated carbocycles. The second-order valence-corrected chi connectivity index (χ2v) is 12.3. The first-order chi connectivity index (χ1) is 19.7. The maximum Gasteiger partial charge on any atom is 0.410 e. The predicted octanol–water partition coefficient (Wildman–Crippen LogP) is 5.25. The van der Waals surface area contributed by atoms with Crippen molar-refractivity contribution in [2.24, 2.45) is 0 Å². The van der Waals surface area contributed by atoms with Gasteiger partial charge in [0.05, 0.1) is 12.1 Å². The Labute approximate surface area is 247 Å². The van der Waals surface area contributed by atoms with Crippen molar-refractivity contribution in [3.05, 3.63) is 53.6 Å². The lowest BCUT2D eigenvalue weighted by Gasteiger charge is -2.39. The SMILES string of the molecule is CC(=O)N1c2ccc(-c3ccc(CN4CCN(C(=O)OC(C)(C)C)CC4=O)cc3)cc2C(NC(=O)OC(C)C)C[C@@H]1C. The summed E-state index contributed by atoms with van der Waals surface area (Å²) in [4.78, 5) is 55.1. The van der Waals surface area contributed by atoms with E-state index in [1.54, 1.807) is 51.3 Å². The minimum Gasteiger partial charge on any atom is -0.447 e. The standard InChI is InChI=1S/C32H42N4O6/c1-20(2)41-30(39)33-27-16-21(3)36(22(4)37)28-13-12-25(17-26(27)28)24-10-8-23(9-11-24)18-34-14-15-35(19-29(34)38)31(40)42-32(5,6)7/h8-13,17,20-21,27H,14-16,18-19H2,1-7H3,(H,33,39)/t21-,27?/m0/s1. The monoisotopic (exact) mass is 578 g/mol. The Morgan fingerprint density at radius 2 is 1.69 bits per heavy atom. The average molecular weight is 579 g/mol. The molecule has 0 spiro atoms. The van der Waals surface area contributed by atoms with Gasteiger partial charge in [-0.15, -0.1) is 0 Å². The van der Waals surface area contributed by atoms with Crippen LogP contribution in [0.2, 0.25) is 0 Å². The van der Waals surface area contributed by atoms with E-state index < -0.39 is 17.8 Å². The molecule has 2 aliphatic heterocycles. The quantitative estimate of drug-likeness (QED) is 0.519. The Bertz CT molecular complexity index is 1330. The first-order valence-corrected chi connectivity index (χ1v) is 14.5. The molecule has 2 atom stereocenters. The molecule has 1 fully saturated rings. The predicted molar refractivity (Wildman–Crippen MR) is 160 cm³/mol. The number of hydrogen-bond donors (Lipinski definition) is 1.